The van der Waals surface area contributed by atoms with Crippen LogP contribution in [0.2, 0.25) is 0 Å². The van der Waals surface area contributed by atoms with E-state index in [0.29, 0.717) is 12.3 Å². The van der Waals surface area contributed by atoms with E-state index in [0.717, 1.165) is 6.42 Å². The standard InChI is InChI=1S/C14H20O2/c1-4-11(10-14(2,3)13(15)16)12-8-6-5-7-9-12/h5-9,11H,4,10H2,1-3H3,(H,15,16). The number of aliphatic carboxylic acids is 1. The predicted molar refractivity (Wildman–Crippen MR) is 65.5 cm³/mol. The number of carboxylic acid groups (broad SMARTS) is 1. The van der Waals surface area contributed by atoms with Crippen LogP contribution < -0.4 is 0 Å². The number of carboxylic acids is 1. The first-order chi connectivity index (χ1) is 7.47. The molecule has 1 aromatic carbocycles. The summed E-state index contributed by atoms with van der Waals surface area (Å²) in [6, 6.07) is 10.1. The van der Waals surface area contributed by atoms with Crippen molar-refractivity contribution in [1.82, 2.24) is 0 Å². The second-order valence-corrected chi connectivity index (χ2v) is 4.91. The summed E-state index contributed by atoms with van der Waals surface area (Å²) in [5.74, 6) is -0.394. The summed E-state index contributed by atoms with van der Waals surface area (Å²) in [5, 5.41) is 9.13. The first-order valence-corrected chi connectivity index (χ1v) is 5.75. The van der Waals surface area contributed by atoms with Gasteiger partial charge in [-0.05, 0) is 38.2 Å². The highest BCUT2D eigenvalue weighted by atomic mass is 16.4. The lowest BCUT2D eigenvalue weighted by Crippen LogP contribution is -2.26. The van der Waals surface area contributed by atoms with Crippen molar-refractivity contribution in [2.75, 3.05) is 0 Å². The van der Waals surface area contributed by atoms with Gasteiger partial charge in [0, 0.05) is 0 Å². The molecule has 2 nitrogen and oxygen atoms in total. The van der Waals surface area contributed by atoms with Crippen molar-refractivity contribution in [1.29, 1.82) is 0 Å². The fourth-order valence-electron chi connectivity index (χ4n) is 1.93. The van der Waals surface area contributed by atoms with Crippen LogP contribution >= 0.6 is 0 Å². The summed E-state index contributed by atoms with van der Waals surface area (Å²) in [4.78, 5) is 11.1. The van der Waals surface area contributed by atoms with E-state index >= 15 is 0 Å². The van der Waals surface area contributed by atoms with Gasteiger partial charge in [0.25, 0.3) is 0 Å². The van der Waals surface area contributed by atoms with Crippen molar-refractivity contribution in [3.05, 3.63) is 35.9 Å². The van der Waals surface area contributed by atoms with Crippen molar-refractivity contribution in [3.63, 3.8) is 0 Å². The third-order valence-electron chi connectivity index (χ3n) is 3.10. The average Bonchev–Trinajstić information content (AvgIpc) is 2.27. The Morgan fingerprint density at radius 1 is 1.31 bits per heavy atom. The Balaban J connectivity index is 2.81. The molecule has 1 unspecified atom stereocenters. The van der Waals surface area contributed by atoms with Crippen molar-refractivity contribution in [2.45, 2.75) is 39.5 Å². The SMILES string of the molecule is CCC(CC(C)(C)C(=O)O)c1ccccc1. The third kappa shape index (κ3) is 3.09. The van der Waals surface area contributed by atoms with Gasteiger partial charge < -0.3 is 5.11 Å². The van der Waals surface area contributed by atoms with Crippen molar-refractivity contribution in [3.8, 4) is 0 Å². The molecule has 0 aromatic heterocycles. The van der Waals surface area contributed by atoms with Crippen LogP contribution in [-0.4, -0.2) is 11.1 Å². The lowest BCUT2D eigenvalue weighted by Gasteiger charge is -2.25. The summed E-state index contributed by atoms with van der Waals surface area (Å²) < 4.78 is 0. The van der Waals surface area contributed by atoms with Gasteiger partial charge in [0.1, 0.15) is 0 Å². The topological polar surface area (TPSA) is 37.3 Å². The summed E-state index contributed by atoms with van der Waals surface area (Å²) >= 11 is 0. The Labute approximate surface area is 97.3 Å². The quantitative estimate of drug-likeness (QED) is 0.821. The molecule has 1 rings (SSSR count). The number of hydrogen-bond acceptors (Lipinski definition) is 1. The van der Waals surface area contributed by atoms with E-state index in [-0.39, 0.29) is 0 Å². The molecule has 1 N–H and O–H groups in total. The summed E-state index contributed by atoms with van der Waals surface area (Å²) in [7, 11) is 0. The molecule has 0 radical (unpaired) electrons. The fraction of sp³-hybridized carbons (Fsp3) is 0.500. The molecule has 0 aliphatic carbocycles. The Bertz CT molecular complexity index is 341. The van der Waals surface area contributed by atoms with E-state index in [1.807, 2.05) is 18.2 Å². The van der Waals surface area contributed by atoms with E-state index in [2.05, 4.69) is 19.1 Å². The summed E-state index contributed by atoms with van der Waals surface area (Å²) in [6.45, 7) is 5.69. The minimum atomic E-state index is -0.720. The van der Waals surface area contributed by atoms with Gasteiger partial charge >= 0.3 is 5.97 Å². The predicted octanol–water partition coefficient (Wildman–Crippen LogP) is 3.68. The molecule has 0 aliphatic heterocycles. The maximum Gasteiger partial charge on any atom is 0.309 e. The zero-order valence-electron chi connectivity index (χ0n) is 10.2. The number of carbonyl (C=O) groups is 1. The molecule has 0 amide bonds. The highest BCUT2D eigenvalue weighted by Gasteiger charge is 2.30. The number of benzene rings is 1. The van der Waals surface area contributed by atoms with Gasteiger partial charge in [-0.25, -0.2) is 0 Å². The Morgan fingerprint density at radius 2 is 1.88 bits per heavy atom. The maximum atomic E-state index is 11.1. The van der Waals surface area contributed by atoms with Gasteiger partial charge in [0.2, 0.25) is 0 Å². The van der Waals surface area contributed by atoms with Crippen LogP contribution in [0.5, 0.6) is 0 Å². The number of hydrogen-bond donors (Lipinski definition) is 1. The molecule has 2 heteroatoms. The molecule has 0 aliphatic rings. The van der Waals surface area contributed by atoms with Gasteiger partial charge in [-0.2, -0.15) is 0 Å². The lowest BCUT2D eigenvalue weighted by molar-refractivity contribution is -0.147. The van der Waals surface area contributed by atoms with Crippen LogP contribution in [-0.2, 0) is 4.79 Å². The molecule has 0 saturated heterocycles. The molecule has 0 saturated carbocycles. The van der Waals surface area contributed by atoms with Gasteiger partial charge in [-0.1, -0.05) is 37.3 Å². The van der Waals surface area contributed by atoms with Crippen molar-refractivity contribution < 1.29 is 9.90 Å². The first kappa shape index (κ1) is 12.8. The zero-order chi connectivity index (χ0) is 12.2. The van der Waals surface area contributed by atoms with Crippen LogP contribution in [0, 0.1) is 5.41 Å². The normalized spacial score (nSPS) is 13.4. The molecule has 0 heterocycles. The van der Waals surface area contributed by atoms with E-state index in [9.17, 15) is 4.79 Å². The van der Waals surface area contributed by atoms with E-state index in [4.69, 9.17) is 5.11 Å². The molecule has 16 heavy (non-hydrogen) atoms. The van der Waals surface area contributed by atoms with Crippen LogP contribution in [0.15, 0.2) is 30.3 Å². The van der Waals surface area contributed by atoms with Crippen LogP contribution in [0.4, 0.5) is 0 Å². The molecule has 0 spiro atoms. The largest absolute Gasteiger partial charge is 0.481 e. The molecule has 1 atom stereocenters. The maximum absolute atomic E-state index is 11.1. The van der Waals surface area contributed by atoms with Gasteiger partial charge in [-0.15, -0.1) is 0 Å². The monoisotopic (exact) mass is 220 g/mol. The zero-order valence-corrected chi connectivity index (χ0v) is 10.2. The van der Waals surface area contributed by atoms with Crippen LogP contribution in [0.25, 0.3) is 0 Å². The summed E-state index contributed by atoms with van der Waals surface area (Å²) in [5.41, 5.74) is 0.579. The smallest absolute Gasteiger partial charge is 0.309 e. The Morgan fingerprint density at radius 3 is 2.31 bits per heavy atom. The fourth-order valence-corrected chi connectivity index (χ4v) is 1.93. The van der Waals surface area contributed by atoms with Gasteiger partial charge in [-0.3, -0.25) is 4.79 Å². The second kappa shape index (κ2) is 5.15. The number of rotatable bonds is 5. The molecular weight excluding hydrogens is 200 g/mol. The van der Waals surface area contributed by atoms with Crippen LogP contribution in [0.3, 0.4) is 0 Å². The average molecular weight is 220 g/mol. The molecule has 0 fully saturated rings. The van der Waals surface area contributed by atoms with E-state index in [1.54, 1.807) is 13.8 Å². The molecular formula is C14H20O2. The van der Waals surface area contributed by atoms with Gasteiger partial charge in [0.15, 0.2) is 0 Å². The van der Waals surface area contributed by atoms with E-state index in [1.165, 1.54) is 5.56 Å². The Hall–Kier alpha value is -1.31. The molecule has 1 aromatic rings. The minimum Gasteiger partial charge on any atom is -0.481 e. The Kier molecular flexibility index (Phi) is 4.11. The second-order valence-electron chi connectivity index (χ2n) is 4.91. The van der Waals surface area contributed by atoms with E-state index < -0.39 is 11.4 Å². The highest BCUT2D eigenvalue weighted by molar-refractivity contribution is 5.73. The summed E-state index contributed by atoms with van der Waals surface area (Å²) in [6.07, 6.45) is 1.66. The third-order valence-corrected chi connectivity index (χ3v) is 3.10. The minimum absolute atomic E-state index is 0.326. The van der Waals surface area contributed by atoms with Crippen molar-refractivity contribution >= 4 is 5.97 Å². The first-order valence-electron chi connectivity index (χ1n) is 5.75. The van der Waals surface area contributed by atoms with Crippen molar-refractivity contribution in [2.24, 2.45) is 5.41 Å². The van der Waals surface area contributed by atoms with Crippen LogP contribution in [0.1, 0.15) is 45.1 Å². The lowest BCUT2D eigenvalue weighted by atomic mass is 9.79. The van der Waals surface area contributed by atoms with Gasteiger partial charge in [0.05, 0.1) is 5.41 Å². The highest BCUT2D eigenvalue weighted by Crippen LogP contribution is 2.33. The molecule has 88 valence electrons. The molecule has 0 bridgehead atoms.